The summed E-state index contributed by atoms with van der Waals surface area (Å²) in [6, 6.07) is 12.3. The van der Waals surface area contributed by atoms with Gasteiger partial charge in [-0.3, -0.25) is 0 Å². The van der Waals surface area contributed by atoms with Crippen molar-refractivity contribution in [3.05, 3.63) is 64.4 Å². The van der Waals surface area contributed by atoms with Gasteiger partial charge in [-0.25, -0.2) is 4.39 Å². The molecule has 0 spiro atoms. The zero-order valence-corrected chi connectivity index (χ0v) is 11.5. The molecule has 0 bridgehead atoms. The summed E-state index contributed by atoms with van der Waals surface area (Å²) in [6.07, 6.45) is 0. The van der Waals surface area contributed by atoms with Crippen molar-refractivity contribution in [2.45, 2.75) is 13.1 Å². The number of nitrogens with zero attached hydrogens (tertiary/aromatic N) is 1. The maximum atomic E-state index is 13.7. The summed E-state index contributed by atoms with van der Waals surface area (Å²) in [4.78, 5) is 1.92. The number of halogens is 2. The van der Waals surface area contributed by atoms with Crippen molar-refractivity contribution in [1.29, 1.82) is 0 Å². The first-order valence-corrected chi connectivity index (χ1v) is 6.43. The Bertz CT molecular complexity index is 572. The van der Waals surface area contributed by atoms with E-state index in [0.717, 1.165) is 11.3 Å². The highest BCUT2D eigenvalue weighted by molar-refractivity contribution is 6.33. The van der Waals surface area contributed by atoms with E-state index in [1.165, 1.54) is 6.07 Å². The second-order valence-electron chi connectivity index (χ2n) is 4.40. The van der Waals surface area contributed by atoms with E-state index in [2.05, 4.69) is 0 Å². The molecule has 0 unspecified atom stereocenters. The Morgan fingerprint density at radius 2 is 1.79 bits per heavy atom. The summed E-state index contributed by atoms with van der Waals surface area (Å²) < 4.78 is 13.7. The Labute approximate surface area is 117 Å². The van der Waals surface area contributed by atoms with Gasteiger partial charge in [0.2, 0.25) is 0 Å². The fourth-order valence-corrected chi connectivity index (χ4v) is 2.45. The van der Waals surface area contributed by atoms with Crippen LogP contribution in [0.1, 0.15) is 11.1 Å². The average molecular weight is 279 g/mol. The topological polar surface area (TPSA) is 29.3 Å². The summed E-state index contributed by atoms with van der Waals surface area (Å²) >= 11 is 6.22. The molecule has 0 saturated carbocycles. The predicted octanol–water partition coefficient (Wildman–Crippen LogP) is 3.57. The van der Waals surface area contributed by atoms with Crippen LogP contribution >= 0.6 is 11.6 Å². The second-order valence-corrected chi connectivity index (χ2v) is 4.81. The molecule has 0 amide bonds. The van der Waals surface area contributed by atoms with Crippen molar-refractivity contribution < 1.29 is 4.39 Å². The summed E-state index contributed by atoms with van der Waals surface area (Å²) in [7, 11) is 1.88. The third kappa shape index (κ3) is 3.06. The highest BCUT2D eigenvalue weighted by atomic mass is 35.5. The van der Waals surface area contributed by atoms with E-state index in [-0.39, 0.29) is 5.82 Å². The van der Waals surface area contributed by atoms with E-state index in [4.69, 9.17) is 17.3 Å². The van der Waals surface area contributed by atoms with Crippen LogP contribution in [0.3, 0.4) is 0 Å². The van der Waals surface area contributed by atoms with Gasteiger partial charge in [-0.1, -0.05) is 41.9 Å². The van der Waals surface area contributed by atoms with Crippen LogP contribution in [0.25, 0.3) is 0 Å². The highest BCUT2D eigenvalue weighted by Gasteiger charge is 2.12. The fraction of sp³-hybridized carbons (Fsp3) is 0.200. The van der Waals surface area contributed by atoms with E-state index in [9.17, 15) is 4.39 Å². The average Bonchev–Trinajstić information content (AvgIpc) is 2.40. The van der Waals surface area contributed by atoms with Crippen molar-refractivity contribution in [3.63, 3.8) is 0 Å². The largest absolute Gasteiger partial charge is 0.369 e. The van der Waals surface area contributed by atoms with Gasteiger partial charge in [-0.2, -0.15) is 0 Å². The molecule has 0 aliphatic heterocycles. The van der Waals surface area contributed by atoms with Crippen LogP contribution < -0.4 is 10.6 Å². The minimum atomic E-state index is -0.212. The quantitative estimate of drug-likeness (QED) is 0.926. The maximum Gasteiger partial charge on any atom is 0.128 e. The molecular weight excluding hydrogens is 263 g/mol. The van der Waals surface area contributed by atoms with E-state index < -0.39 is 0 Å². The van der Waals surface area contributed by atoms with Gasteiger partial charge in [0, 0.05) is 25.7 Å². The number of anilines is 1. The monoisotopic (exact) mass is 278 g/mol. The van der Waals surface area contributed by atoms with E-state index >= 15 is 0 Å². The Balaban J connectivity index is 2.30. The first-order valence-electron chi connectivity index (χ1n) is 6.05. The molecule has 4 heteroatoms. The molecule has 0 fully saturated rings. The lowest BCUT2D eigenvalue weighted by atomic mass is 10.1. The molecule has 19 heavy (non-hydrogen) atoms. The molecule has 0 heterocycles. The molecule has 2 aromatic rings. The molecule has 2 N–H and O–H groups in total. The second kappa shape index (κ2) is 6.04. The van der Waals surface area contributed by atoms with Crippen LogP contribution in [-0.2, 0) is 13.1 Å². The Hall–Kier alpha value is -1.58. The molecular formula is C15H16ClFN2. The first-order chi connectivity index (χ1) is 9.13. The fourth-order valence-electron chi connectivity index (χ4n) is 2.11. The SMILES string of the molecule is CN(Cc1ccccc1F)c1c(Cl)cccc1CN. The summed E-state index contributed by atoms with van der Waals surface area (Å²) in [5.41, 5.74) is 8.16. The van der Waals surface area contributed by atoms with Crippen molar-refractivity contribution in [2.24, 2.45) is 5.73 Å². The zero-order chi connectivity index (χ0) is 13.8. The lowest BCUT2D eigenvalue weighted by Crippen LogP contribution is -2.20. The number of nitrogens with two attached hydrogens (primary N) is 1. The van der Waals surface area contributed by atoms with Crippen LogP contribution in [0, 0.1) is 5.82 Å². The van der Waals surface area contributed by atoms with Gasteiger partial charge in [0.25, 0.3) is 0 Å². The summed E-state index contributed by atoms with van der Waals surface area (Å²) in [6.45, 7) is 0.848. The normalized spacial score (nSPS) is 10.5. The standard InChI is InChI=1S/C15H16ClFN2/c1-19(10-12-5-2-3-8-14(12)17)15-11(9-18)6-4-7-13(15)16/h2-8H,9-10,18H2,1H3. The smallest absolute Gasteiger partial charge is 0.128 e. The van der Waals surface area contributed by atoms with Gasteiger partial charge in [-0.05, 0) is 17.7 Å². The zero-order valence-electron chi connectivity index (χ0n) is 10.7. The van der Waals surface area contributed by atoms with Crippen LogP contribution in [-0.4, -0.2) is 7.05 Å². The van der Waals surface area contributed by atoms with Gasteiger partial charge >= 0.3 is 0 Å². The lowest BCUT2D eigenvalue weighted by Gasteiger charge is -2.23. The Morgan fingerprint density at radius 3 is 2.47 bits per heavy atom. The van der Waals surface area contributed by atoms with E-state index in [0.29, 0.717) is 23.7 Å². The van der Waals surface area contributed by atoms with Crippen molar-refractivity contribution in [2.75, 3.05) is 11.9 Å². The van der Waals surface area contributed by atoms with Gasteiger partial charge in [0.15, 0.2) is 0 Å². The lowest BCUT2D eigenvalue weighted by molar-refractivity contribution is 0.608. The van der Waals surface area contributed by atoms with E-state index in [1.807, 2.05) is 36.2 Å². The van der Waals surface area contributed by atoms with Crippen molar-refractivity contribution in [3.8, 4) is 0 Å². The van der Waals surface area contributed by atoms with Crippen molar-refractivity contribution >= 4 is 17.3 Å². The summed E-state index contributed by atoms with van der Waals surface area (Å²) in [5, 5.41) is 0.627. The molecule has 2 aromatic carbocycles. The van der Waals surface area contributed by atoms with Crippen LogP contribution in [0.4, 0.5) is 10.1 Å². The van der Waals surface area contributed by atoms with Gasteiger partial charge in [0.1, 0.15) is 5.82 Å². The molecule has 0 aromatic heterocycles. The number of benzene rings is 2. The highest BCUT2D eigenvalue weighted by Crippen LogP contribution is 2.30. The minimum absolute atomic E-state index is 0.212. The van der Waals surface area contributed by atoms with Gasteiger partial charge < -0.3 is 10.6 Å². The molecule has 0 atom stereocenters. The Kier molecular flexibility index (Phi) is 4.40. The molecule has 100 valence electrons. The first kappa shape index (κ1) is 13.8. The predicted molar refractivity (Wildman–Crippen MR) is 77.9 cm³/mol. The summed E-state index contributed by atoms with van der Waals surface area (Å²) in [5.74, 6) is -0.212. The van der Waals surface area contributed by atoms with Crippen molar-refractivity contribution in [1.82, 2.24) is 0 Å². The number of para-hydroxylation sites is 1. The minimum Gasteiger partial charge on any atom is -0.369 e. The third-order valence-electron chi connectivity index (χ3n) is 3.04. The molecule has 0 radical (unpaired) electrons. The molecule has 0 aliphatic carbocycles. The van der Waals surface area contributed by atoms with Crippen LogP contribution in [0.5, 0.6) is 0 Å². The third-order valence-corrected chi connectivity index (χ3v) is 3.34. The van der Waals surface area contributed by atoms with Crippen LogP contribution in [0.15, 0.2) is 42.5 Å². The van der Waals surface area contributed by atoms with E-state index in [1.54, 1.807) is 12.1 Å². The maximum absolute atomic E-state index is 13.7. The molecule has 2 rings (SSSR count). The van der Waals surface area contributed by atoms with Gasteiger partial charge in [0.05, 0.1) is 10.7 Å². The molecule has 0 aliphatic rings. The molecule has 2 nitrogen and oxygen atoms in total. The number of rotatable bonds is 4. The molecule has 0 saturated heterocycles. The Morgan fingerprint density at radius 1 is 1.11 bits per heavy atom. The number of hydrogen-bond donors (Lipinski definition) is 1. The van der Waals surface area contributed by atoms with Crippen LogP contribution in [0.2, 0.25) is 5.02 Å². The van der Waals surface area contributed by atoms with Gasteiger partial charge in [-0.15, -0.1) is 0 Å². The number of hydrogen-bond acceptors (Lipinski definition) is 2.